The van der Waals surface area contributed by atoms with Gasteiger partial charge < -0.3 is 10.2 Å². The third-order valence-corrected chi connectivity index (χ3v) is 2.94. The molecular formula is C13H18ClN3O2. The van der Waals surface area contributed by atoms with E-state index in [-0.39, 0.29) is 24.3 Å². The predicted octanol–water partition coefficient (Wildman–Crippen LogP) is 1.17. The molecule has 0 saturated carbocycles. The van der Waals surface area contributed by atoms with E-state index in [9.17, 15) is 9.59 Å². The number of piperazine rings is 1. The molecule has 5 nitrogen and oxygen atoms in total. The van der Waals surface area contributed by atoms with Crippen LogP contribution in [0, 0.1) is 6.92 Å². The van der Waals surface area contributed by atoms with Crippen LogP contribution >= 0.6 is 12.4 Å². The summed E-state index contributed by atoms with van der Waals surface area (Å²) in [4.78, 5) is 25.3. The first kappa shape index (κ1) is 15.5. The van der Waals surface area contributed by atoms with E-state index in [2.05, 4.69) is 10.6 Å². The third kappa shape index (κ3) is 4.22. The average molecular weight is 284 g/mol. The second-order valence-electron chi connectivity index (χ2n) is 4.36. The summed E-state index contributed by atoms with van der Waals surface area (Å²) in [7, 11) is 0. The molecule has 0 aromatic heterocycles. The van der Waals surface area contributed by atoms with Crippen molar-refractivity contribution in [3.63, 3.8) is 0 Å². The highest BCUT2D eigenvalue weighted by Gasteiger charge is 2.18. The lowest BCUT2D eigenvalue weighted by atomic mass is 10.1. The second-order valence-corrected chi connectivity index (χ2v) is 4.36. The van der Waals surface area contributed by atoms with Crippen molar-refractivity contribution in [3.05, 3.63) is 35.4 Å². The fraction of sp³-hybridized carbons (Fsp3) is 0.385. The van der Waals surface area contributed by atoms with Crippen molar-refractivity contribution in [2.24, 2.45) is 0 Å². The maximum Gasteiger partial charge on any atom is 0.324 e. The Morgan fingerprint density at radius 2 is 1.74 bits per heavy atom. The van der Waals surface area contributed by atoms with Crippen LogP contribution in [-0.4, -0.2) is 43.0 Å². The SMILES string of the molecule is Cc1ccc(C(=O)NC(=O)N2CCNCC2)cc1.Cl. The minimum absolute atomic E-state index is 0. The van der Waals surface area contributed by atoms with Crippen molar-refractivity contribution in [2.75, 3.05) is 26.2 Å². The first-order chi connectivity index (χ1) is 8.66. The standard InChI is InChI=1S/C13H17N3O2.ClH/c1-10-2-4-11(5-3-10)12(17)15-13(18)16-8-6-14-7-9-16;/h2-5,14H,6-9H2,1H3,(H,15,17,18);1H. The van der Waals surface area contributed by atoms with Crippen LogP contribution in [0.3, 0.4) is 0 Å². The van der Waals surface area contributed by atoms with Crippen molar-refractivity contribution < 1.29 is 9.59 Å². The zero-order valence-corrected chi connectivity index (χ0v) is 11.6. The number of benzene rings is 1. The van der Waals surface area contributed by atoms with Gasteiger partial charge in [-0.1, -0.05) is 17.7 Å². The molecule has 6 heteroatoms. The van der Waals surface area contributed by atoms with Gasteiger partial charge in [-0.3, -0.25) is 10.1 Å². The fourth-order valence-corrected chi connectivity index (χ4v) is 1.82. The van der Waals surface area contributed by atoms with Crippen LogP contribution in [0.25, 0.3) is 0 Å². The number of carbonyl (C=O) groups excluding carboxylic acids is 2. The third-order valence-electron chi connectivity index (χ3n) is 2.94. The van der Waals surface area contributed by atoms with Crippen LogP contribution in [0.2, 0.25) is 0 Å². The minimum Gasteiger partial charge on any atom is -0.322 e. The molecule has 104 valence electrons. The molecule has 3 amide bonds. The molecule has 1 aliphatic rings. The quantitative estimate of drug-likeness (QED) is 0.813. The second kappa shape index (κ2) is 7.11. The first-order valence-corrected chi connectivity index (χ1v) is 6.04. The van der Waals surface area contributed by atoms with Crippen molar-refractivity contribution in [1.82, 2.24) is 15.5 Å². The molecule has 0 atom stereocenters. The number of nitrogens with zero attached hydrogens (tertiary/aromatic N) is 1. The summed E-state index contributed by atoms with van der Waals surface area (Å²) in [6.07, 6.45) is 0. The highest BCUT2D eigenvalue weighted by atomic mass is 35.5. The summed E-state index contributed by atoms with van der Waals surface area (Å²) in [5.74, 6) is -0.349. The Morgan fingerprint density at radius 1 is 1.16 bits per heavy atom. The van der Waals surface area contributed by atoms with E-state index in [0.717, 1.165) is 18.7 Å². The van der Waals surface area contributed by atoms with Gasteiger partial charge in [-0.15, -0.1) is 12.4 Å². The van der Waals surface area contributed by atoms with Crippen LogP contribution in [0.15, 0.2) is 24.3 Å². The number of carbonyl (C=O) groups is 2. The Labute approximate surface area is 118 Å². The van der Waals surface area contributed by atoms with Crippen LogP contribution in [-0.2, 0) is 0 Å². The van der Waals surface area contributed by atoms with E-state index in [0.29, 0.717) is 18.7 Å². The normalized spacial score (nSPS) is 14.5. The van der Waals surface area contributed by atoms with Crippen LogP contribution in [0.1, 0.15) is 15.9 Å². The van der Waals surface area contributed by atoms with E-state index in [1.807, 2.05) is 19.1 Å². The monoisotopic (exact) mass is 283 g/mol. The van der Waals surface area contributed by atoms with E-state index in [4.69, 9.17) is 0 Å². The number of aryl methyl sites for hydroxylation is 1. The molecule has 0 aliphatic carbocycles. The number of halogens is 1. The molecule has 0 bridgehead atoms. The highest BCUT2D eigenvalue weighted by molar-refractivity contribution is 6.04. The van der Waals surface area contributed by atoms with Crippen LogP contribution in [0.4, 0.5) is 4.79 Å². The highest BCUT2D eigenvalue weighted by Crippen LogP contribution is 2.03. The van der Waals surface area contributed by atoms with Gasteiger partial charge in [0.2, 0.25) is 0 Å². The summed E-state index contributed by atoms with van der Waals surface area (Å²) >= 11 is 0. The lowest BCUT2D eigenvalue weighted by molar-refractivity contribution is 0.0950. The Kier molecular flexibility index (Phi) is 5.79. The zero-order valence-electron chi connectivity index (χ0n) is 10.8. The smallest absolute Gasteiger partial charge is 0.322 e. The predicted molar refractivity (Wildman–Crippen MR) is 75.7 cm³/mol. The molecule has 1 aliphatic heterocycles. The van der Waals surface area contributed by atoms with Gasteiger partial charge in [0, 0.05) is 31.7 Å². The molecule has 1 aromatic rings. The van der Waals surface area contributed by atoms with E-state index >= 15 is 0 Å². The van der Waals surface area contributed by atoms with Gasteiger partial charge in [-0.2, -0.15) is 0 Å². The first-order valence-electron chi connectivity index (χ1n) is 6.04. The van der Waals surface area contributed by atoms with Gasteiger partial charge >= 0.3 is 6.03 Å². The van der Waals surface area contributed by atoms with Gasteiger partial charge in [0.05, 0.1) is 0 Å². The topological polar surface area (TPSA) is 61.4 Å². The Bertz CT molecular complexity index is 442. The maximum atomic E-state index is 11.8. The minimum atomic E-state index is -0.349. The molecule has 1 aromatic carbocycles. The number of nitrogens with one attached hydrogen (secondary N) is 2. The molecule has 0 unspecified atom stereocenters. The molecule has 1 heterocycles. The number of amides is 3. The molecule has 1 saturated heterocycles. The van der Waals surface area contributed by atoms with E-state index in [1.165, 1.54) is 0 Å². The molecule has 19 heavy (non-hydrogen) atoms. The van der Waals surface area contributed by atoms with Crippen LogP contribution < -0.4 is 10.6 Å². The Hall–Kier alpha value is -1.59. The fourth-order valence-electron chi connectivity index (χ4n) is 1.82. The number of hydrogen-bond donors (Lipinski definition) is 2. The Balaban J connectivity index is 0.00000180. The molecular weight excluding hydrogens is 266 g/mol. The number of urea groups is 1. The Morgan fingerprint density at radius 3 is 2.32 bits per heavy atom. The molecule has 2 rings (SSSR count). The molecule has 0 radical (unpaired) electrons. The van der Waals surface area contributed by atoms with Gasteiger partial charge in [0.25, 0.3) is 5.91 Å². The maximum absolute atomic E-state index is 11.8. The van der Waals surface area contributed by atoms with Crippen LogP contribution in [0.5, 0.6) is 0 Å². The van der Waals surface area contributed by atoms with Crippen molar-refractivity contribution >= 4 is 24.3 Å². The molecule has 2 N–H and O–H groups in total. The average Bonchev–Trinajstić information content (AvgIpc) is 2.40. The number of imide groups is 1. The van der Waals surface area contributed by atoms with Gasteiger partial charge in [0.1, 0.15) is 0 Å². The zero-order chi connectivity index (χ0) is 13.0. The van der Waals surface area contributed by atoms with Gasteiger partial charge in [-0.25, -0.2) is 4.79 Å². The van der Waals surface area contributed by atoms with Crippen molar-refractivity contribution in [2.45, 2.75) is 6.92 Å². The molecule has 0 spiro atoms. The van der Waals surface area contributed by atoms with Crippen molar-refractivity contribution in [1.29, 1.82) is 0 Å². The summed E-state index contributed by atoms with van der Waals surface area (Å²) in [5, 5.41) is 5.56. The van der Waals surface area contributed by atoms with Gasteiger partial charge in [0.15, 0.2) is 0 Å². The summed E-state index contributed by atoms with van der Waals surface area (Å²) < 4.78 is 0. The van der Waals surface area contributed by atoms with E-state index in [1.54, 1.807) is 17.0 Å². The summed E-state index contributed by atoms with van der Waals surface area (Å²) in [6.45, 7) is 4.76. The van der Waals surface area contributed by atoms with Gasteiger partial charge in [-0.05, 0) is 19.1 Å². The van der Waals surface area contributed by atoms with Crippen molar-refractivity contribution in [3.8, 4) is 0 Å². The lowest BCUT2D eigenvalue weighted by Gasteiger charge is -2.27. The van der Waals surface area contributed by atoms with E-state index < -0.39 is 0 Å². The number of hydrogen-bond acceptors (Lipinski definition) is 3. The largest absolute Gasteiger partial charge is 0.324 e. The number of rotatable bonds is 1. The molecule has 1 fully saturated rings. The summed E-state index contributed by atoms with van der Waals surface area (Å²) in [5.41, 5.74) is 1.59. The summed E-state index contributed by atoms with van der Waals surface area (Å²) in [6, 6.07) is 6.82. The lowest BCUT2D eigenvalue weighted by Crippen LogP contribution is -2.51.